The van der Waals surface area contributed by atoms with Crippen LogP contribution in [0.1, 0.15) is 51.1 Å². The number of hydrogen-bond donors (Lipinski definition) is 3. The first-order valence-corrected chi connectivity index (χ1v) is 9.72. The molecule has 1 heterocycles. The molecule has 1 atom stereocenters. The Labute approximate surface area is 157 Å². The molecule has 6 heteroatoms. The fraction of sp³-hybridized carbons (Fsp3) is 0.600. The minimum Gasteiger partial charge on any atom is -0.372 e. The molecule has 1 aromatic rings. The van der Waals surface area contributed by atoms with Gasteiger partial charge in [-0.05, 0) is 43.9 Å². The van der Waals surface area contributed by atoms with Gasteiger partial charge in [0.2, 0.25) is 5.91 Å². The van der Waals surface area contributed by atoms with Crippen LogP contribution in [0.3, 0.4) is 0 Å². The van der Waals surface area contributed by atoms with Crippen molar-refractivity contribution in [2.45, 2.75) is 45.6 Å². The second-order valence-electron chi connectivity index (χ2n) is 6.75. The van der Waals surface area contributed by atoms with Crippen molar-refractivity contribution in [3.05, 3.63) is 29.8 Å². The Balaban J connectivity index is 1.83. The number of carbonyl (C=O) groups excluding carboxylic acids is 1. The van der Waals surface area contributed by atoms with Crippen LogP contribution in [0, 0.1) is 0 Å². The second kappa shape index (κ2) is 10.7. The molecule has 3 N–H and O–H groups in total. The van der Waals surface area contributed by atoms with Crippen molar-refractivity contribution in [3.8, 4) is 0 Å². The van der Waals surface area contributed by atoms with Gasteiger partial charge in [-0.25, -0.2) is 0 Å². The zero-order valence-electron chi connectivity index (χ0n) is 16.3. The molecule has 1 aliphatic heterocycles. The van der Waals surface area contributed by atoms with Gasteiger partial charge >= 0.3 is 0 Å². The van der Waals surface area contributed by atoms with Crippen molar-refractivity contribution < 1.29 is 4.79 Å². The summed E-state index contributed by atoms with van der Waals surface area (Å²) in [6.45, 7) is 7.77. The minimum absolute atomic E-state index is 0.0705. The van der Waals surface area contributed by atoms with Gasteiger partial charge in [0.05, 0.1) is 6.04 Å². The highest BCUT2D eigenvalue weighted by Crippen LogP contribution is 2.23. The lowest BCUT2D eigenvalue weighted by Crippen LogP contribution is -2.40. The number of nitrogens with zero attached hydrogens (tertiary/aromatic N) is 2. The van der Waals surface area contributed by atoms with E-state index in [4.69, 9.17) is 0 Å². The molecule has 0 aliphatic carbocycles. The van der Waals surface area contributed by atoms with Crippen LogP contribution in [-0.2, 0) is 4.79 Å². The third kappa shape index (κ3) is 6.24. The van der Waals surface area contributed by atoms with Crippen LogP contribution in [0.15, 0.2) is 29.3 Å². The molecule has 0 spiro atoms. The number of rotatable bonds is 8. The summed E-state index contributed by atoms with van der Waals surface area (Å²) in [5, 5.41) is 9.50. The quantitative estimate of drug-likeness (QED) is 0.493. The predicted molar refractivity (Wildman–Crippen MR) is 109 cm³/mol. The van der Waals surface area contributed by atoms with E-state index in [0.717, 1.165) is 26.1 Å². The highest BCUT2D eigenvalue weighted by Gasteiger charge is 2.14. The molecular weight excluding hydrogens is 326 g/mol. The average molecular weight is 360 g/mol. The Morgan fingerprint density at radius 1 is 1.23 bits per heavy atom. The van der Waals surface area contributed by atoms with E-state index in [1.165, 1.54) is 24.1 Å². The van der Waals surface area contributed by atoms with Gasteiger partial charge < -0.3 is 20.9 Å². The Morgan fingerprint density at radius 3 is 2.69 bits per heavy atom. The van der Waals surface area contributed by atoms with Crippen molar-refractivity contribution in [3.63, 3.8) is 0 Å². The summed E-state index contributed by atoms with van der Waals surface area (Å²) in [6, 6.07) is 8.84. The van der Waals surface area contributed by atoms with Gasteiger partial charge in [-0.15, -0.1) is 0 Å². The van der Waals surface area contributed by atoms with E-state index >= 15 is 0 Å². The highest BCUT2D eigenvalue weighted by atomic mass is 16.1. The van der Waals surface area contributed by atoms with Gasteiger partial charge in [-0.3, -0.25) is 9.79 Å². The van der Waals surface area contributed by atoms with E-state index in [0.29, 0.717) is 18.9 Å². The number of aliphatic imine (C=N–C) groups is 1. The average Bonchev–Trinajstić information content (AvgIpc) is 3.20. The van der Waals surface area contributed by atoms with Crippen molar-refractivity contribution in [2.75, 3.05) is 38.1 Å². The lowest BCUT2D eigenvalue weighted by Gasteiger charge is -2.22. The Bertz CT molecular complexity index is 596. The second-order valence-corrected chi connectivity index (χ2v) is 6.75. The molecule has 1 saturated heterocycles. The molecule has 1 aliphatic rings. The monoisotopic (exact) mass is 359 g/mol. The van der Waals surface area contributed by atoms with Crippen molar-refractivity contribution in [1.29, 1.82) is 0 Å². The third-order valence-electron chi connectivity index (χ3n) is 4.63. The maximum atomic E-state index is 11.7. The zero-order chi connectivity index (χ0) is 18.8. The number of amides is 1. The molecule has 1 fully saturated rings. The van der Waals surface area contributed by atoms with Gasteiger partial charge in [0.1, 0.15) is 0 Å². The summed E-state index contributed by atoms with van der Waals surface area (Å²) in [5.41, 5.74) is 2.53. The minimum atomic E-state index is 0.0705. The molecule has 144 valence electrons. The van der Waals surface area contributed by atoms with Crippen LogP contribution >= 0.6 is 0 Å². The number of anilines is 1. The van der Waals surface area contributed by atoms with Gasteiger partial charge in [0.25, 0.3) is 0 Å². The van der Waals surface area contributed by atoms with Crippen LogP contribution in [0.25, 0.3) is 0 Å². The normalized spacial score (nSPS) is 15.7. The first-order valence-electron chi connectivity index (χ1n) is 9.72. The van der Waals surface area contributed by atoms with E-state index in [1.807, 2.05) is 6.92 Å². The fourth-order valence-corrected chi connectivity index (χ4v) is 3.10. The van der Waals surface area contributed by atoms with Gasteiger partial charge in [0, 0.05) is 45.3 Å². The summed E-state index contributed by atoms with van der Waals surface area (Å²) in [6.07, 6.45) is 3.96. The Morgan fingerprint density at radius 2 is 2.00 bits per heavy atom. The molecule has 2 rings (SSSR count). The van der Waals surface area contributed by atoms with Crippen LogP contribution in [0.2, 0.25) is 0 Å². The first-order chi connectivity index (χ1) is 12.6. The summed E-state index contributed by atoms with van der Waals surface area (Å²) < 4.78 is 0. The summed E-state index contributed by atoms with van der Waals surface area (Å²) >= 11 is 0. The van der Waals surface area contributed by atoms with E-state index in [9.17, 15) is 4.79 Å². The first kappa shape index (κ1) is 20.1. The molecule has 0 bridgehead atoms. The molecule has 1 aromatic carbocycles. The zero-order valence-corrected chi connectivity index (χ0v) is 16.3. The standard InChI is InChI=1S/C20H33N5O/c1-4-11-22-19(26)10-12-23-20(21-3)24-16(2)17-8-7-9-18(15-17)25-13-5-6-14-25/h7-9,15-16H,4-6,10-14H2,1-3H3,(H,22,26)(H2,21,23,24). The summed E-state index contributed by atoms with van der Waals surface area (Å²) in [5.74, 6) is 0.786. The summed E-state index contributed by atoms with van der Waals surface area (Å²) in [7, 11) is 1.75. The van der Waals surface area contributed by atoms with Gasteiger partial charge in [-0.2, -0.15) is 0 Å². The lowest BCUT2D eigenvalue weighted by atomic mass is 10.1. The number of guanidine groups is 1. The molecule has 0 saturated carbocycles. The van der Waals surface area contributed by atoms with Gasteiger partial charge in [-0.1, -0.05) is 19.1 Å². The highest BCUT2D eigenvalue weighted by molar-refractivity contribution is 5.81. The number of carbonyl (C=O) groups is 1. The van der Waals surface area contributed by atoms with Crippen LogP contribution in [0.4, 0.5) is 5.69 Å². The maximum Gasteiger partial charge on any atom is 0.221 e. The largest absolute Gasteiger partial charge is 0.372 e. The molecule has 1 unspecified atom stereocenters. The third-order valence-corrected chi connectivity index (χ3v) is 4.63. The molecule has 0 aromatic heterocycles. The maximum absolute atomic E-state index is 11.7. The predicted octanol–water partition coefficient (Wildman–Crippen LogP) is 2.43. The fourth-order valence-electron chi connectivity index (χ4n) is 3.10. The smallest absolute Gasteiger partial charge is 0.221 e. The topological polar surface area (TPSA) is 68.8 Å². The van der Waals surface area contributed by atoms with Gasteiger partial charge in [0.15, 0.2) is 5.96 Å². The van der Waals surface area contributed by atoms with Crippen molar-refractivity contribution in [2.24, 2.45) is 4.99 Å². The number of hydrogen-bond acceptors (Lipinski definition) is 3. The van der Waals surface area contributed by atoms with E-state index in [2.05, 4.69) is 57.0 Å². The Kier molecular flexibility index (Phi) is 8.25. The molecule has 26 heavy (non-hydrogen) atoms. The number of benzene rings is 1. The van der Waals surface area contributed by atoms with E-state index < -0.39 is 0 Å². The van der Waals surface area contributed by atoms with Crippen LogP contribution < -0.4 is 20.9 Å². The van der Waals surface area contributed by atoms with E-state index in [1.54, 1.807) is 7.05 Å². The molecule has 6 nitrogen and oxygen atoms in total. The molecular formula is C20H33N5O. The molecule has 0 radical (unpaired) electrons. The van der Waals surface area contributed by atoms with E-state index in [-0.39, 0.29) is 11.9 Å². The van der Waals surface area contributed by atoms with Crippen molar-refractivity contribution in [1.82, 2.24) is 16.0 Å². The molecule has 1 amide bonds. The number of nitrogens with one attached hydrogen (secondary N) is 3. The Hall–Kier alpha value is -2.24. The summed E-state index contributed by atoms with van der Waals surface area (Å²) in [4.78, 5) is 18.4. The van der Waals surface area contributed by atoms with Crippen molar-refractivity contribution >= 4 is 17.6 Å². The van der Waals surface area contributed by atoms with Crippen LogP contribution in [-0.4, -0.2) is 45.1 Å². The van der Waals surface area contributed by atoms with Crippen LogP contribution in [0.5, 0.6) is 0 Å². The SMILES string of the molecule is CCCNC(=O)CCNC(=NC)NC(C)c1cccc(N2CCCC2)c1. The lowest BCUT2D eigenvalue weighted by molar-refractivity contribution is -0.120.